The molecule has 19 heavy (non-hydrogen) atoms. The van der Waals surface area contributed by atoms with Crippen LogP contribution in [0, 0.1) is 5.92 Å². The quantitative estimate of drug-likeness (QED) is 0.831. The second kappa shape index (κ2) is 7.04. The minimum absolute atomic E-state index is 0.165. The fraction of sp³-hybridized carbons (Fsp3) is 0.615. The molecule has 0 spiro atoms. The first-order valence-corrected chi connectivity index (χ1v) is 6.71. The molecule has 0 radical (unpaired) electrons. The molecule has 0 aromatic carbocycles. The molecule has 0 unspecified atom stereocenters. The molecular formula is C13H20N4O2. The van der Waals surface area contributed by atoms with Gasteiger partial charge in [0.25, 0.3) is 5.91 Å². The molecular weight excluding hydrogens is 244 g/mol. The van der Waals surface area contributed by atoms with Crippen molar-refractivity contribution < 1.29 is 9.53 Å². The fourth-order valence-electron chi connectivity index (χ4n) is 2.00. The van der Waals surface area contributed by atoms with Gasteiger partial charge in [0, 0.05) is 26.3 Å². The summed E-state index contributed by atoms with van der Waals surface area (Å²) in [5.41, 5.74) is 0.355. The predicted octanol–water partition coefficient (Wildman–Crippen LogP) is 1.06. The van der Waals surface area contributed by atoms with Crippen molar-refractivity contribution in [1.82, 2.24) is 15.3 Å². The standard InChI is InChI=1S/C13H20N4O2/c1-2-14-12-9-15-11(8-16-12)13(18)17-7-10-3-5-19-6-4-10/h8-10H,2-7H2,1H3,(H,14,16)(H,17,18). The normalized spacial score (nSPS) is 16.1. The van der Waals surface area contributed by atoms with Crippen LogP contribution >= 0.6 is 0 Å². The number of nitrogens with zero attached hydrogens (tertiary/aromatic N) is 2. The third kappa shape index (κ3) is 4.17. The number of hydrogen-bond acceptors (Lipinski definition) is 5. The van der Waals surface area contributed by atoms with Gasteiger partial charge in [-0.2, -0.15) is 0 Å². The average molecular weight is 264 g/mol. The summed E-state index contributed by atoms with van der Waals surface area (Å²) in [7, 11) is 0. The highest BCUT2D eigenvalue weighted by molar-refractivity contribution is 5.91. The summed E-state index contributed by atoms with van der Waals surface area (Å²) in [6.07, 6.45) is 5.08. The minimum atomic E-state index is -0.165. The molecule has 0 saturated carbocycles. The Morgan fingerprint density at radius 1 is 1.37 bits per heavy atom. The van der Waals surface area contributed by atoms with Crippen LogP contribution in [-0.2, 0) is 4.74 Å². The van der Waals surface area contributed by atoms with E-state index >= 15 is 0 Å². The fourth-order valence-corrected chi connectivity index (χ4v) is 2.00. The Labute approximate surface area is 113 Å². The number of aromatic nitrogens is 2. The van der Waals surface area contributed by atoms with Crippen LogP contribution in [0.15, 0.2) is 12.4 Å². The first-order valence-electron chi connectivity index (χ1n) is 6.71. The number of carbonyl (C=O) groups excluding carboxylic acids is 1. The first kappa shape index (κ1) is 13.7. The highest BCUT2D eigenvalue weighted by atomic mass is 16.5. The summed E-state index contributed by atoms with van der Waals surface area (Å²) in [5, 5.41) is 5.94. The zero-order chi connectivity index (χ0) is 13.5. The molecule has 1 fully saturated rings. The molecule has 0 bridgehead atoms. The van der Waals surface area contributed by atoms with Crippen molar-refractivity contribution in [3.63, 3.8) is 0 Å². The van der Waals surface area contributed by atoms with Crippen LogP contribution in [0.4, 0.5) is 5.82 Å². The van der Waals surface area contributed by atoms with Crippen molar-refractivity contribution in [2.24, 2.45) is 5.92 Å². The topological polar surface area (TPSA) is 76.1 Å². The van der Waals surface area contributed by atoms with Gasteiger partial charge in [-0.05, 0) is 25.7 Å². The number of ether oxygens (including phenoxy) is 1. The van der Waals surface area contributed by atoms with Gasteiger partial charge in [-0.25, -0.2) is 9.97 Å². The van der Waals surface area contributed by atoms with Gasteiger partial charge in [-0.3, -0.25) is 4.79 Å². The summed E-state index contributed by atoms with van der Waals surface area (Å²) in [4.78, 5) is 20.1. The maximum Gasteiger partial charge on any atom is 0.271 e. The SMILES string of the molecule is CCNc1cnc(C(=O)NCC2CCOCC2)cn1. The van der Waals surface area contributed by atoms with E-state index in [1.807, 2.05) is 6.92 Å². The number of carbonyl (C=O) groups is 1. The summed E-state index contributed by atoms with van der Waals surface area (Å²) in [6, 6.07) is 0. The first-order chi connectivity index (χ1) is 9.29. The highest BCUT2D eigenvalue weighted by Crippen LogP contribution is 2.13. The Bertz CT molecular complexity index is 402. The van der Waals surface area contributed by atoms with E-state index in [2.05, 4.69) is 20.6 Å². The van der Waals surface area contributed by atoms with Gasteiger partial charge in [0.05, 0.1) is 12.4 Å². The molecule has 1 aliphatic heterocycles. The van der Waals surface area contributed by atoms with E-state index in [1.54, 1.807) is 6.20 Å². The van der Waals surface area contributed by atoms with Gasteiger partial charge in [-0.15, -0.1) is 0 Å². The monoisotopic (exact) mass is 264 g/mol. The summed E-state index contributed by atoms with van der Waals surface area (Å²) >= 11 is 0. The third-order valence-corrected chi connectivity index (χ3v) is 3.13. The molecule has 104 valence electrons. The molecule has 6 nitrogen and oxygen atoms in total. The van der Waals surface area contributed by atoms with Gasteiger partial charge in [-0.1, -0.05) is 0 Å². The lowest BCUT2D eigenvalue weighted by molar-refractivity contribution is 0.0642. The Morgan fingerprint density at radius 3 is 2.79 bits per heavy atom. The maximum absolute atomic E-state index is 11.9. The molecule has 0 aliphatic carbocycles. The molecule has 2 rings (SSSR count). The Morgan fingerprint density at radius 2 is 2.16 bits per heavy atom. The zero-order valence-corrected chi connectivity index (χ0v) is 11.2. The summed E-state index contributed by atoms with van der Waals surface area (Å²) in [6.45, 7) is 5.02. The number of hydrogen-bond donors (Lipinski definition) is 2. The molecule has 2 heterocycles. The molecule has 1 aliphatic rings. The lowest BCUT2D eigenvalue weighted by Gasteiger charge is -2.21. The minimum Gasteiger partial charge on any atom is -0.381 e. The number of amides is 1. The van der Waals surface area contributed by atoms with E-state index in [0.717, 1.165) is 32.6 Å². The van der Waals surface area contributed by atoms with Crippen molar-refractivity contribution in [2.75, 3.05) is 31.6 Å². The lowest BCUT2D eigenvalue weighted by Crippen LogP contribution is -2.32. The van der Waals surface area contributed by atoms with E-state index in [0.29, 0.717) is 24.0 Å². The van der Waals surface area contributed by atoms with E-state index < -0.39 is 0 Å². The van der Waals surface area contributed by atoms with Crippen molar-refractivity contribution in [1.29, 1.82) is 0 Å². The summed E-state index contributed by atoms with van der Waals surface area (Å²) in [5.74, 6) is 1.03. The van der Waals surface area contributed by atoms with Crippen LogP contribution in [0.3, 0.4) is 0 Å². The highest BCUT2D eigenvalue weighted by Gasteiger charge is 2.15. The molecule has 1 aromatic heterocycles. The van der Waals surface area contributed by atoms with E-state index in [1.165, 1.54) is 6.20 Å². The van der Waals surface area contributed by atoms with Crippen molar-refractivity contribution in [2.45, 2.75) is 19.8 Å². The molecule has 1 aromatic rings. The molecule has 6 heteroatoms. The number of anilines is 1. The Hall–Kier alpha value is -1.69. The van der Waals surface area contributed by atoms with Gasteiger partial charge in [0.2, 0.25) is 0 Å². The number of nitrogens with one attached hydrogen (secondary N) is 2. The van der Waals surface area contributed by atoms with Gasteiger partial charge < -0.3 is 15.4 Å². The second-order valence-corrected chi connectivity index (χ2v) is 4.58. The van der Waals surface area contributed by atoms with Crippen LogP contribution in [0.2, 0.25) is 0 Å². The number of rotatable bonds is 5. The van der Waals surface area contributed by atoms with Crippen molar-refractivity contribution in [3.8, 4) is 0 Å². The van der Waals surface area contributed by atoms with Crippen molar-refractivity contribution in [3.05, 3.63) is 18.1 Å². The largest absolute Gasteiger partial charge is 0.381 e. The summed E-state index contributed by atoms with van der Waals surface area (Å²) < 4.78 is 5.29. The van der Waals surface area contributed by atoms with E-state index in [9.17, 15) is 4.79 Å². The third-order valence-electron chi connectivity index (χ3n) is 3.13. The molecule has 2 N–H and O–H groups in total. The van der Waals surface area contributed by atoms with Gasteiger partial charge in [0.1, 0.15) is 11.5 Å². The smallest absolute Gasteiger partial charge is 0.271 e. The Kier molecular flexibility index (Phi) is 5.09. The maximum atomic E-state index is 11.9. The van der Waals surface area contributed by atoms with Crippen LogP contribution in [-0.4, -0.2) is 42.2 Å². The second-order valence-electron chi connectivity index (χ2n) is 4.58. The van der Waals surface area contributed by atoms with Gasteiger partial charge in [0.15, 0.2) is 0 Å². The van der Waals surface area contributed by atoms with Crippen molar-refractivity contribution >= 4 is 11.7 Å². The van der Waals surface area contributed by atoms with E-state index in [-0.39, 0.29) is 5.91 Å². The van der Waals surface area contributed by atoms with E-state index in [4.69, 9.17) is 4.74 Å². The average Bonchev–Trinajstić information content (AvgIpc) is 2.47. The van der Waals surface area contributed by atoms with Gasteiger partial charge >= 0.3 is 0 Å². The lowest BCUT2D eigenvalue weighted by atomic mass is 10.0. The van der Waals surface area contributed by atoms with Crippen LogP contribution < -0.4 is 10.6 Å². The van der Waals surface area contributed by atoms with Crippen LogP contribution in [0.1, 0.15) is 30.3 Å². The molecule has 1 amide bonds. The zero-order valence-electron chi connectivity index (χ0n) is 11.2. The molecule has 0 atom stereocenters. The predicted molar refractivity (Wildman–Crippen MR) is 72.1 cm³/mol. The molecule has 1 saturated heterocycles. The van der Waals surface area contributed by atoms with Crippen LogP contribution in [0.25, 0.3) is 0 Å². The Balaban J connectivity index is 1.81. The van der Waals surface area contributed by atoms with Crippen LogP contribution in [0.5, 0.6) is 0 Å².